The van der Waals surface area contributed by atoms with E-state index in [0.717, 1.165) is 11.9 Å². The Balaban J connectivity index is 1.57. The van der Waals surface area contributed by atoms with E-state index < -0.39 is 0 Å². The van der Waals surface area contributed by atoms with Crippen molar-refractivity contribution in [2.24, 2.45) is 5.73 Å². The number of aromatic nitrogens is 1. The minimum absolute atomic E-state index is 0.0509. The van der Waals surface area contributed by atoms with Gasteiger partial charge >= 0.3 is 0 Å². The van der Waals surface area contributed by atoms with Crippen molar-refractivity contribution in [1.29, 1.82) is 5.41 Å². The van der Waals surface area contributed by atoms with Gasteiger partial charge in [-0.1, -0.05) is 42.8 Å². The summed E-state index contributed by atoms with van der Waals surface area (Å²) < 4.78 is 1.53. The summed E-state index contributed by atoms with van der Waals surface area (Å²) in [5.74, 6) is -0.237. The van der Waals surface area contributed by atoms with Gasteiger partial charge in [0.2, 0.25) is 5.91 Å². The fourth-order valence-electron chi connectivity index (χ4n) is 4.98. The maximum absolute atomic E-state index is 13.5. The van der Waals surface area contributed by atoms with Crippen LogP contribution in [-0.2, 0) is 11.3 Å². The summed E-state index contributed by atoms with van der Waals surface area (Å²) >= 11 is 0. The van der Waals surface area contributed by atoms with Crippen LogP contribution in [0.25, 0.3) is 22.0 Å². The highest BCUT2D eigenvalue weighted by atomic mass is 16.2. The predicted molar refractivity (Wildman–Crippen MR) is 137 cm³/mol. The summed E-state index contributed by atoms with van der Waals surface area (Å²) in [5.41, 5.74) is 7.82. The van der Waals surface area contributed by atoms with E-state index in [4.69, 9.17) is 11.1 Å². The van der Waals surface area contributed by atoms with Gasteiger partial charge in [0.25, 0.3) is 5.56 Å². The van der Waals surface area contributed by atoms with Gasteiger partial charge in [-0.05, 0) is 55.8 Å². The molecule has 2 atom stereocenters. The number of piperidine rings is 1. The summed E-state index contributed by atoms with van der Waals surface area (Å²) in [6, 6.07) is 17.5. The third-order valence-corrected chi connectivity index (χ3v) is 6.86. The lowest BCUT2D eigenvalue weighted by atomic mass is 9.98. The van der Waals surface area contributed by atoms with Crippen LogP contribution in [0.2, 0.25) is 0 Å². The SMILES string of the molecule is C[C@@H]1CCC[C@H](C)N1CCNC(=O)Cn1c(=O)c(-c2cccc(C(=N)N)c2)cc2ccccc21. The number of nitrogen functional groups attached to an aromatic ring is 1. The second kappa shape index (κ2) is 10.2. The third kappa shape index (κ3) is 5.04. The Morgan fingerprint density at radius 1 is 1.09 bits per heavy atom. The molecule has 1 aromatic heterocycles. The minimum Gasteiger partial charge on any atom is -0.384 e. The normalized spacial score (nSPS) is 18.6. The number of nitrogens with one attached hydrogen (secondary N) is 2. The Kier molecular flexibility index (Phi) is 7.12. The van der Waals surface area contributed by atoms with Crippen LogP contribution in [0.1, 0.15) is 38.7 Å². The lowest BCUT2D eigenvalue weighted by molar-refractivity contribution is -0.121. The lowest BCUT2D eigenvalue weighted by Crippen LogP contribution is -2.47. The van der Waals surface area contributed by atoms with E-state index in [1.165, 1.54) is 23.8 Å². The predicted octanol–water partition coefficient (Wildman–Crippen LogP) is 3.33. The smallest absolute Gasteiger partial charge is 0.259 e. The molecule has 4 N–H and O–H groups in total. The van der Waals surface area contributed by atoms with Crippen molar-refractivity contribution in [3.05, 3.63) is 70.5 Å². The second-order valence-electron chi connectivity index (χ2n) is 9.22. The molecule has 3 aromatic rings. The molecule has 1 aliphatic rings. The van der Waals surface area contributed by atoms with Crippen molar-refractivity contribution in [2.45, 2.75) is 51.7 Å². The Morgan fingerprint density at radius 3 is 2.56 bits per heavy atom. The summed E-state index contributed by atoms with van der Waals surface area (Å²) in [7, 11) is 0. The number of pyridine rings is 1. The molecule has 2 heterocycles. The van der Waals surface area contributed by atoms with Crippen LogP contribution in [0.5, 0.6) is 0 Å². The summed E-state index contributed by atoms with van der Waals surface area (Å²) in [6.07, 6.45) is 3.64. The van der Waals surface area contributed by atoms with Crippen molar-refractivity contribution in [3.63, 3.8) is 0 Å². The Hall–Kier alpha value is -3.45. The maximum atomic E-state index is 13.5. The zero-order valence-corrected chi connectivity index (χ0v) is 19.9. The number of carbonyl (C=O) groups excluding carboxylic acids is 1. The number of amides is 1. The molecule has 0 unspecified atom stereocenters. The van der Waals surface area contributed by atoms with Crippen LogP contribution in [0, 0.1) is 5.41 Å². The number of benzene rings is 2. The van der Waals surface area contributed by atoms with E-state index in [0.29, 0.717) is 40.8 Å². The number of nitrogens with zero attached hydrogens (tertiary/aromatic N) is 2. The first kappa shape index (κ1) is 23.7. The maximum Gasteiger partial charge on any atom is 0.259 e. The molecule has 1 fully saturated rings. The van der Waals surface area contributed by atoms with E-state index in [1.807, 2.05) is 36.4 Å². The average Bonchev–Trinajstić information content (AvgIpc) is 2.82. The van der Waals surface area contributed by atoms with Gasteiger partial charge in [0.05, 0.1) is 5.52 Å². The fourth-order valence-corrected chi connectivity index (χ4v) is 4.98. The first-order valence-electron chi connectivity index (χ1n) is 11.9. The van der Waals surface area contributed by atoms with Crippen molar-refractivity contribution in [1.82, 2.24) is 14.8 Å². The van der Waals surface area contributed by atoms with Crippen molar-refractivity contribution >= 4 is 22.6 Å². The molecule has 7 heteroatoms. The van der Waals surface area contributed by atoms with Gasteiger partial charge in [-0.15, -0.1) is 0 Å². The molecule has 1 saturated heterocycles. The van der Waals surface area contributed by atoms with Gasteiger partial charge < -0.3 is 11.1 Å². The van der Waals surface area contributed by atoms with Gasteiger partial charge in [-0.2, -0.15) is 0 Å². The van der Waals surface area contributed by atoms with Gasteiger partial charge in [0.15, 0.2) is 0 Å². The molecule has 1 aliphatic heterocycles. The third-order valence-electron chi connectivity index (χ3n) is 6.86. The first-order chi connectivity index (χ1) is 16.3. The first-order valence-corrected chi connectivity index (χ1v) is 11.9. The topological polar surface area (TPSA) is 104 Å². The number of hydrogen-bond donors (Lipinski definition) is 3. The lowest BCUT2D eigenvalue weighted by Gasteiger charge is -2.39. The van der Waals surface area contributed by atoms with E-state index >= 15 is 0 Å². The van der Waals surface area contributed by atoms with Gasteiger partial charge in [0, 0.05) is 36.3 Å². The van der Waals surface area contributed by atoms with Crippen LogP contribution >= 0.6 is 0 Å². The Morgan fingerprint density at radius 2 is 1.82 bits per heavy atom. The zero-order valence-electron chi connectivity index (χ0n) is 19.9. The Labute approximate surface area is 200 Å². The fraction of sp³-hybridized carbons (Fsp3) is 0.370. The molecule has 1 amide bonds. The van der Waals surface area contributed by atoms with Gasteiger partial charge in [-0.3, -0.25) is 24.5 Å². The van der Waals surface area contributed by atoms with Crippen molar-refractivity contribution in [2.75, 3.05) is 13.1 Å². The van der Waals surface area contributed by atoms with E-state index in [1.54, 1.807) is 18.2 Å². The highest BCUT2D eigenvalue weighted by molar-refractivity contribution is 5.96. The van der Waals surface area contributed by atoms with E-state index in [2.05, 4.69) is 24.1 Å². The largest absolute Gasteiger partial charge is 0.384 e. The molecular weight excluding hydrogens is 426 g/mol. The minimum atomic E-state index is -0.243. The van der Waals surface area contributed by atoms with Crippen molar-refractivity contribution in [3.8, 4) is 11.1 Å². The summed E-state index contributed by atoms with van der Waals surface area (Å²) in [4.78, 5) is 28.8. The molecule has 7 nitrogen and oxygen atoms in total. The molecule has 0 aliphatic carbocycles. The summed E-state index contributed by atoms with van der Waals surface area (Å²) in [5, 5.41) is 11.6. The molecule has 0 bridgehead atoms. The van der Waals surface area contributed by atoms with Gasteiger partial charge in [0.1, 0.15) is 12.4 Å². The highest BCUT2D eigenvalue weighted by Crippen LogP contribution is 2.23. The number of rotatable bonds is 7. The van der Waals surface area contributed by atoms with E-state index in [-0.39, 0.29) is 23.8 Å². The monoisotopic (exact) mass is 459 g/mol. The number of amidine groups is 1. The number of likely N-dealkylation sites (tertiary alicyclic amines) is 1. The molecular formula is C27H33N5O2. The van der Waals surface area contributed by atoms with Crippen LogP contribution in [-0.4, -0.2) is 46.4 Å². The standard InChI is InChI=1S/C27H33N5O2/c1-18-7-5-8-19(2)31(18)14-13-30-25(33)17-32-24-12-4-3-9-21(24)16-23(27(32)34)20-10-6-11-22(15-20)26(28)29/h3-4,6,9-12,15-16,18-19H,5,7-8,13-14,17H2,1-2H3,(H3,28,29)(H,30,33)/t18-,19+. The number of hydrogen-bond acceptors (Lipinski definition) is 4. The second-order valence-corrected chi connectivity index (χ2v) is 9.22. The molecule has 2 aromatic carbocycles. The summed E-state index contributed by atoms with van der Waals surface area (Å²) in [6.45, 7) is 5.80. The molecule has 0 spiro atoms. The average molecular weight is 460 g/mol. The van der Waals surface area contributed by atoms with E-state index in [9.17, 15) is 9.59 Å². The van der Waals surface area contributed by atoms with Gasteiger partial charge in [-0.25, -0.2) is 0 Å². The van der Waals surface area contributed by atoms with Crippen LogP contribution in [0.4, 0.5) is 0 Å². The highest BCUT2D eigenvalue weighted by Gasteiger charge is 2.24. The quantitative estimate of drug-likeness (QED) is 0.372. The van der Waals surface area contributed by atoms with Crippen LogP contribution in [0.3, 0.4) is 0 Å². The van der Waals surface area contributed by atoms with Crippen LogP contribution < -0.4 is 16.6 Å². The molecule has 34 heavy (non-hydrogen) atoms. The number of fused-ring (bicyclic) bond motifs is 1. The van der Waals surface area contributed by atoms with Crippen molar-refractivity contribution < 1.29 is 4.79 Å². The number of para-hydroxylation sites is 1. The Bertz CT molecular complexity index is 1260. The number of nitrogens with two attached hydrogens (primary N) is 1. The molecule has 4 rings (SSSR count). The zero-order chi connectivity index (χ0) is 24.2. The van der Waals surface area contributed by atoms with Crippen LogP contribution in [0.15, 0.2) is 59.4 Å². The number of carbonyl (C=O) groups is 1. The molecule has 0 saturated carbocycles. The molecule has 0 radical (unpaired) electrons. The molecule has 178 valence electrons.